The summed E-state index contributed by atoms with van der Waals surface area (Å²) in [5, 5.41) is 0. The van der Waals surface area contributed by atoms with Gasteiger partial charge in [-0.25, -0.2) is 8.42 Å². The maximum atomic E-state index is 13.2. The first kappa shape index (κ1) is 24.3. The van der Waals surface area contributed by atoms with E-state index in [-0.39, 0.29) is 42.2 Å². The third-order valence-electron chi connectivity index (χ3n) is 5.90. The lowest BCUT2D eigenvalue weighted by Gasteiger charge is -2.31. The van der Waals surface area contributed by atoms with E-state index in [1.54, 1.807) is 17.0 Å². The Kier molecular flexibility index (Phi) is 7.60. The number of amides is 1. The molecule has 0 spiro atoms. The Bertz CT molecular complexity index is 1120. The van der Waals surface area contributed by atoms with Gasteiger partial charge in [-0.15, -0.1) is 0 Å². The highest BCUT2D eigenvalue weighted by Crippen LogP contribution is 2.31. The Morgan fingerprint density at radius 1 is 1.15 bits per heavy atom. The number of methoxy groups -OCH3 is 1. The number of benzene rings is 2. The molecule has 2 aromatic carbocycles. The number of morpholine rings is 1. The molecule has 1 atom stereocenters. The number of nitrogens with zero attached hydrogens (tertiary/aromatic N) is 2. The lowest BCUT2D eigenvalue weighted by molar-refractivity contribution is -0.131. The van der Waals surface area contributed by atoms with Crippen LogP contribution in [-0.2, 0) is 26.0 Å². The zero-order chi connectivity index (χ0) is 24.1. The first-order valence-electron chi connectivity index (χ1n) is 11.3. The second-order valence-corrected chi connectivity index (χ2v) is 10.0. The van der Waals surface area contributed by atoms with Gasteiger partial charge in [-0.2, -0.15) is 4.31 Å². The first-order valence-corrected chi connectivity index (χ1v) is 12.8. The fraction of sp³-hybridized carbons (Fsp3) is 0.458. The highest BCUT2D eigenvalue weighted by Gasteiger charge is 2.30. The van der Waals surface area contributed by atoms with E-state index in [9.17, 15) is 13.2 Å². The second-order valence-electron chi connectivity index (χ2n) is 8.11. The van der Waals surface area contributed by atoms with Gasteiger partial charge in [0.2, 0.25) is 15.9 Å². The van der Waals surface area contributed by atoms with Crippen LogP contribution in [0.1, 0.15) is 12.5 Å². The van der Waals surface area contributed by atoms with E-state index in [0.717, 1.165) is 0 Å². The number of para-hydroxylation sites is 2. The molecule has 0 saturated carbocycles. The summed E-state index contributed by atoms with van der Waals surface area (Å²) in [5.74, 6) is 1.49. The van der Waals surface area contributed by atoms with E-state index in [1.165, 1.54) is 17.5 Å². The molecule has 0 N–H and O–H groups in total. The summed E-state index contributed by atoms with van der Waals surface area (Å²) in [5.41, 5.74) is 0.599. The van der Waals surface area contributed by atoms with Gasteiger partial charge < -0.3 is 23.8 Å². The van der Waals surface area contributed by atoms with Crippen molar-refractivity contribution in [2.24, 2.45) is 0 Å². The molecule has 0 aliphatic carbocycles. The molecule has 2 heterocycles. The van der Waals surface area contributed by atoms with Gasteiger partial charge in [0.1, 0.15) is 17.3 Å². The van der Waals surface area contributed by atoms with Crippen LogP contribution >= 0.6 is 0 Å². The van der Waals surface area contributed by atoms with Crippen LogP contribution in [0.3, 0.4) is 0 Å². The second kappa shape index (κ2) is 10.6. The summed E-state index contributed by atoms with van der Waals surface area (Å²) < 4.78 is 50.2. The number of carbonyl (C=O) groups is 1. The van der Waals surface area contributed by atoms with Crippen LogP contribution in [0.25, 0.3) is 0 Å². The number of hydrogen-bond donors (Lipinski definition) is 0. The molecule has 4 rings (SSSR count). The number of sulfonamides is 1. The quantitative estimate of drug-likeness (QED) is 0.558. The normalized spacial score (nSPS) is 18.4. The third kappa shape index (κ3) is 5.29. The van der Waals surface area contributed by atoms with Gasteiger partial charge in [-0.1, -0.05) is 18.2 Å². The Morgan fingerprint density at radius 2 is 1.88 bits per heavy atom. The fourth-order valence-corrected chi connectivity index (χ4v) is 5.67. The van der Waals surface area contributed by atoms with Gasteiger partial charge >= 0.3 is 0 Å². The Labute approximate surface area is 200 Å². The van der Waals surface area contributed by atoms with Crippen molar-refractivity contribution >= 4 is 15.9 Å². The van der Waals surface area contributed by atoms with Gasteiger partial charge in [0, 0.05) is 19.6 Å². The Hall–Kier alpha value is -2.82. The first-order chi connectivity index (χ1) is 16.4. The maximum absolute atomic E-state index is 13.2. The molecule has 1 unspecified atom stereocenters. The maximum Gasteiger partial charge on any atom is 0.246 e. The fourth-order valence-electron chi connectivity index (χ4n) is 4.05. The average molecular weight is 491 g/mol. The molecule has 34 heavy (non-hydrogen) atoms. The SMILES string of the molecule is CCN(CC1COc2ccccc2O1)C(=O)Cc1ccc(OC)c(S(=O)(=O)N2CCOCC2)c1. The monoisotopic (exact) mass is 490 g/mol. The van der Waals surface area contributed by atoms with Crippen molar-refractivity contribution in [1.29, 1.82) is 0 Å². The van der Waals surface area contributed by atoms with Gasteiger partial charge in [0.15, 0.2) is 17.6 Å². The van der Waals surface area contributed by atoms with Crippen molar-refractivity contribution in [3.05, 3.63) is 48.0 Å². The zero-order valence-electron chi connectivity index (χ0n) is 19.4. The van der Waals surface area contributed by atoms with Gasteiger partial charge in [0.25, 0.3) is 0 Å². The molecular formula is C24H30N2O7S. The van der Waals surface area contributed by atoms with E-state index < -0.39 is 10.0 Å². The van der Waals surface area contributed by atoms with Crippen LogP contribution < -0.4 is 14.2 Å². The largest absolute Gasteiger partial charge is 0.495 e. The van der Waals surface area contributed by atoms with Gasteiger partial charge in [0.05, 0.1) is 33.3 Å². The van der Waals surface area contributed by atoms with Crippen LogP contribution in [0.4, 0.5) is 0 Å². The molecule has 2 aromatic rings. The minimum absolute atomic E-state index is 0.0610. The predicted molar refractivity (Wildman–Crippen MR) is 125 cm³/mol. The number of likely N-dealkylation sites (N-methyl/N-ethyl adjacent to an activating group) is 1. The van der Waals surface area contributed by atoms with Crippen molar-refractivity contribution < 1.29 is 32.2 Å². The molecule has 1 amide bonds. The van der Waals surface area contributed by atoms with Gasteiger partial charge in [-0.3, -0.25) is 4.79 Å². The number of rotatable bonds is 8. The smallest absolute Gasteiger partial charge is 0.246 e. The molecule has 9 nitrogen and oxygen atoms in total. The molecule has 0 aromatic heterocycles. The molecule has 10 heteroatoms. The zero-order valence-corrected chi connectivity index (χ0v) is 20.3. The number of carbonyl (C=O) groups excluding carboxylic acids is 1. The van der Waals surface area contributed by atoms with Crippen LogP contribution in [0.5, 0.6) is 17.2 Å². The van der Waals surface area contributed by atoms with Crippen LogP contribution in [0, 0.1) is 0 Å². The van der Waals surface area contributed by atoms with E-state index in [4.69, 9.17) is 18.9 Å². The summed E-state index contributed by atoms with van der Waals surface area (Å²) in [6.45, 7) is 4.39. The molecule has 184 valence electrons. The molecule has 1 fully saturated rings. The van der Waals surface area contributed by atoms with Crippen LogP contribution in [0.15, 0.2) is 47.4 Å². The van der Waals surface area contributed by atoms with E-state index >= 15 is 0 Å². The highest BCUT2D eigenvalue weighted by molar-refractivity contribution is 7.89. The average Bonchev–Trinajstić information content (AvgIpc) is 2.87. The highest BCUT2D eigenvalue weighted by atomic mass is 32.2. The van der Waals surface area contributed by atoms with E-state index in [0.29, 0.717) is 50.0 Å². The summed E-state index contributed by atoms with van der Waals surface area (Å²) >= 11 is 0. The predicted octanol–water partition coefficient (Wildman–Crippen LogP) is 1.95. The van der Waals surface area contributed by atoms with Crippen molar-refractivity contribution in [2.75, 3.05) is 53.1 Å². The lowest BCUT2D eigenvalue weighted by atomic mass is 10.1. The summed E-state index contributed by atoms with van der Waals surface area (Å²) in [4.78, 5) is 14.9. The number of ether oxygens (including phenoxy) is 4. The molecule has 0 bridgehead atoms. The van der Waals surface area contributed by atoms with Crippen LogP contribution in [-0.4, -0.2) is 82.7 Å². The topological polar surface area (TPSA) is 94.6 Å². The summed E-state index contributed by atoms with van der Waals surface area (Å²) in [6, 6.07) is 12.3. The Balaban J connectivity index is 1.47. The molecular weight excluding hydrogens is 460 g/mol. The van der Waals surface area contributed by atoms with E-state index in [1.807, 2.05) is 31.2 Å². The molecule has 2 aliphatic heterocycles. The van der Waals surface area contributed by atoms with Gasteiger partial charge in [-0.05, 0) is 36.8 Å². The standard InChI is InChI=1S/C24H30N2O7S/c1-3-25(16-19-17-32-20-6-4-5-7-21(20)33-19)24(27)15-18-8-9-22(30-2)23(14-18)34(28,29)26-10-12-31-13-11-26/h4-9,14,19H,3,10-13,15-17H2,1-2H3. The van der Waals surface area contributed by atoms with Crippen molar-refractivity contribution in [3.63, 3.8) is 0 Å². The molecule has 0 radical (unpaired) electrons. The van der Waals surface area contributed by atoms with Crippen molar-refractivity contribution in [3.8, 4) is 17.2 Å². The third-order valence-corrected chi connectivity index (χ3v) is 7.82. The Morgan fingerprint density at radius 3 is 2.59 bits per heavy atom. The minimum Gasteiger partial charge on any atom is -0.495 e. The number of hydrogen-bond acceptors (Lipinski definition) is 7. The number of fused-ring (bicyclic) bond motifs is 1. The van der Waals surface area contributed by atoms with E-state index in [2.05, 4.69) is 0 Å². The summed E-state index contributed by atoms with van der Waals surface area (Å²) in [7, 11) is -2.34. The van der Waals surface area contributed by atoms with Crippen molar-refractivity contribution in [2.45, 2.75) is 24.3 Å². The summed E-state index contributed by atoms with van der Waals surface area (Å²) in [6.07, 6.45) is -0.222. The van der Waals surface area contributed by atoms with Crippen LogP contribution in [0.2, 0.25) is 0 Å². The molecule has 1 saturated heterocycles. The molecule has 2 aliphatic rings. The lowest BCUT2D eigenvalue weighted by Crippen LogP contribution is -2.44. The van der Waals surface area contributed by atoms with Crippen molar-refractivity contribution in [1.82, 2.24) is 9.21 Å². The minimum atomic E-state index is -3.77.